The summed E-state index contributed by atoms with van der Waals surface area (Å²) in [6.45, 7) is 6.25. The quantitative estimate of drug-likeness (QED) is 0.412. The molecule has 0 unspecified atom stereocenters. The number of H-pyrrole nitrogens is 1. The van der Waals surface area contributed by atoms with E-state index in [-0.39, 0.29) is 46.5 Å². The van der Waals surface area contributed by atoms with Crippen molar-refractivity contribution >= 4 is 0 Å². The van der Waals surface area contributed by atoms with Crippen molar-refractivity contribution in [2.45, 2.75) is 27.2 Å². The maximum absolute atomic E-state index is 2.99. The number of nitrogens with one attached hydrogen (secondary N) is 1. The number of hydrogen-bond acceptors (Lipinski definition) is 0. The molecule has 2 rings (SSSR count). The molecule has 0 radical (unpaired) electrons. The zero-order chi connectivity index (χ0) is 10.6. The number of aromatic amines is 1. The minimum absolute atomic E-state index is 0. The van der Waals surface area contributed by atoms with Crippen molar-refractivity contribution < 1.29 is 46.5 Å². The fraction of sp³-hybridized carbons (Fsp3) is 0.308. The summed E-state index contributed by atoms with van der Waals surface area (Å²) < 4.78 is 0. The third kappa shape index (κ3) is 31.4. The van der Waals surface area contributed by atoms with E-state index in [1.807, 2.05) is 30.5 Å². The van der Waals surface area contributed by atoms with Crippen LogP contribution in [0, 0.1) is 18.2 Å². The van der Waals surface area contributed by atoms with Crippen LogP contribution in [-0.2, 0) is 21.7 Å². The SMILES string of the molecule is C[C-](C)C.[C-]1=CC=CC1.[Cl-].[Cl-].[Ti+2].[c-]1ccc[nH]1. The average molecular weight is 307 g/mol. The molecule has 0 atom stereocenters. The first-order valence-corrected chi connectivity index (χ1v) is 4.71. The zero-order valence-corrected chi connectivity index (χ0v) is 13.5. The minimum Gasteiger partial charge on any atom is -1.00 e. The van der Waals surface area contributed by atoms with Crippen LogP contribution in [0.4, 0.5) is 0 Å². The largest absolute Gasteiger partial charge is 2.00 e. The second kappa shape index (κ2) is 21.4. The van der Waals surface area contributed by atoms with Crippen molar-refractivity contribution in [3.63, 3.8) is 0 Å². The van der Waals surface area contributed by atoms with E-state index in [4.69, 9.17) is 0 Å². The van der Waals surface area contributed by atoms with Gasteiger partial charge in [0.15, 0.2) is 0 Å². The van der Waals surface area contributed by atoms with Crippen LogP contribution in [0.15, 0.2) is 36.6 Å². The molecule has 96 valence electrons. The van der Waals surface area contributed by atoms with Crippen LogP contribution in [0.5, 0.6) is 0 Å². The normalized spacial score (nSPS) is 9.65. The van der Waals surface area contributed by atoms with Crippen molar-refractivity contribution in [1.82, 2.24) is 4.98 Å². The Bertz CT molecular complexity index is 214. The Balaban J connectivity index is -0.0000000692. The van der Waals surface area contributed by atoms with E-state index in [2.05, 4.69) is 44.1 Å². The first-order chi connectivity index (χ1) is 6.73. The number of halogens is 2. The molecule has 0 aromatic carbocycles. The molecule has 0 spiro atoms. The molecule has 0 saturated carbocycles. The molecule has 0 saturated heterocycles. The van der Waals surface area contributed by atoms with E-state index in [1.54, 1.807) is 0 Å². The van der Waals surface area contributed by atoms with Crippen LogP contribution in [0.25, 0.3) is 0 Å². The fourth-order valence-corrected chi connectivity index (χ4v) is 0.581. The van der Waals surface area contributed by atoms with Gasteiger partial charge < -0.3 is 35.7 Å². The standard InChI is InChI=1S/C5H5.C4H4N.C4H9.2ClH.Ti/c2*1-2-4-5-3-1;1-4(2)3;;;/h1-3H,4H2;1-3,5H;1-3H3;2*1H;/q3*-1;;;+2/p-2. The van der Waals surface area contributed by atoms with Gasteiger partial charge in [-0.2, -0.15) is 45.2 Å². The van der Waals surface area contributed by atoms with Crippen LogP contribution >= 0.6 is 0 Å². The average Bonchev–Trinajstić information content (AvgIpc) is 2.83. The maximum Gasteiger partial charge on any atom is 2.00 e. The molecule has 17 heavy (non-hydrogen) atoms. The van der Waals surface area contributed by atoms with Crippen molar-refractivity contribution in [3.05, 3.63) is 54.7 Å². The summed E-state index contributed by atoms with van der Waals surface area (Å²) in [6.07, 6.45) is 14.6. The van der Waals surface area contributed by atoms with E-state index in [0.717, 1.165) is 6.42 Å². The van der Waals surface area contributed by atoms with Gasteiger partial charge in [0.25, 0.3) is 0 Å². The molecular formula is C13H18Cl2NTi-3. The second-order valence-corrected chi connectivity index (χ2v) is 3.32. The minimum atomic E-state index is 0. The topological polar surface area (TPSA) is 15.8 Å². The number of aromatic nitrogens is 1. The number of hydrogen-bond donors (Lipinski definition) is 1. The molecular weight excluding hydrogens is 289 g/mol. The zero-order valence-electron chi connectivity index (χ0n) is 10.4. The van der Waals surface area contributed by atoms with E-state index in [1.165, 1.54) is 5.92 Å². The fourth-order valence-electron chi connectivity index (χ4n) is 0.581. The first kappa shape index (κ1) is 25.8. The van der Waals surface area contributed by atoms with Crippen LogP contribution in [0.1, 0.15) is 27.2 Å². The molecule has 0 fully saturated rings. The second-order valence-electron chi connectivity index (χ2n) is 3.32. The Morgan fingerprint density at radius 3 is 1.88 bits per heavy atom. The van der Waals surface area contributed by atoms with Crippen molar-refractivity contribution in [2.75, 3.05) is 0 Å². The summed E-state index contributed by atoms with van der Waals surface area (Å²) in [4.78, 5) is 2.74. The Morgan fingerprint density at radius 1 is 1.18 bits per heavy atom. The molecule has 1 heterocycles. The molecule has 1 nitrogen and oxygen atoms in total. The van der Waals surface area contributed by atoms with Crippen LogP contribution in [0.2, 0.25) is 0 Å². The van der Waals surface area contributed by atoms with E-state index < -0.39 is 0 Å². The summed E-state index contributed by atoms with van der Waals surface area (Å²) in [5.74, 6) is 1.42. The summed E-state index contributed by atoms with van der Waals surface area (Å²) in [5, 5.41) is 0. The summed E-state index contributed by atoms with van der Waals surface area (Å²) in [6, 6.07) is 3.71. The van der Waals surface area contributed by atoms with E-state index in [0.29, 0.717) is 0 Å². The molecule has 4 heteroatoms. The maximum atomic E-state index is 2.99. The van der Waals surface area contributed by atoms with Gasteiger partial charge in [0.2, 0.25) is 0 Å². The van der Waals surface area contributed by atoms with E-state index in [9.17, 15) is 0 Å². The smallest absolute Gasteiger partial charge is 1.00 e. The van der Waals surface area contributed by atoms with Gasteiger partial charge in [0, 0.05) is 0 Å². The van der Waals surface area contributed by atoms with Gasteiger partial charge in [-0.25, -0.2) is 12.2 Å². The van der Waals surface area contributed by atoms with Crippen LogP contribution < -0.4 is 24.8 Å². The van der Waals surface area contributed by atoms with Gasteiger partial charge >= 0.3 is 21.7 Å². The Kier molecular flexibility index (Phi) is 32.4. The summed E-state index contributed by atoms with van der Waals surface area (Å²) in [7, 11) is 0. The number of rotatable bonds is 0. The van der Waals surface area contributed by atoms with Crippen molar-refractivity contribution in [1.29, 1.82) is 0 Å². The molecule has 0 aliphatic heterocycles. The van der Waals surface area contributed by atoms with Crippen molar-refractivity contribution in [3.8, 4) is 0 Å². The number of allylic oxidation sites excluding steroid dienone is 4. The van der Waals surface area contributed by atoms with Gasteiger partial charge in [-0.15, -0.1) is 12.6 Å². The predicted molar refractivity (Wildman–Crippen MR) is 61.5 cm³/mol. The molecule has 1 aliphatic carbocycles. The van der Waals surface area contributed by atoms with Gasteiger partial charge in [-0.1, -0.05) is 0 Å². The predicted octanol–water partition coefficient (Wildman–Crippen LogP) is -2.25. The Hall–Kier alpha value is 0.0543. The molecule has 0 bridgehead atoms. The summed E-state index contributed by atoms with van der Waals surface area (Å²) in [5.41, 5.74) is 0. The molecule has 1 aromatic rings. The molecule has 1 aromatic heterocycles. The Labute approximate surface area is 133 Å². The monoisotopic (exact) mass is 306 g/mol. The van der Waals surface area contributed by atoms with Gasteiger partial charge in [-0.3, -0.25) is 6.08 Å². The Morgan fingerprint density at radius 2 is 1.76 bits per heavy atom. The van der Waals surface area contributed by atoms with Crippen LogP contribution in [-0.4, -0.2) is 4.98 Å². The third-order valence-electron chi connectivity index (χ3n) is 1.03. The van der Waals surface area contributed by atoms with Gasteiger partial charge in [0.05, 0.1) is 0 Å². The van der Waals surface area contributed by atoms with E-state index >= 15 is 0 Å². The molecule has 1 N–H and O–H groups in total. The van der Waals surface area contributed by atoms with Gasteiger partial charge in [-0.05, 0) is 0 Å². The molecule has 1 aliphatic rings. The third-order valence-corrected chi connectivity index (χ3v) is 1.03. The molecule has 0 amide bonds. The van der Waals surface area contributed by atoms with Gasteiger partial charge in [0.1, 0.15) is 0 Å². The van der Waals surface area contributed by atoms with Crippen LogP contribution in [0.3, 0.4) is 0 Å². The van der Waals surface area contributed by atoms with Crippen molar-refractivity contribution in [2.24, 2.45) is 0 Å². The first-order valence-electron chi connectivity index (χ1n) is 4.71. The summed E-state index contributed by atoms with van der Waals surface area (Å²) >= 11 is 0.